The fourth-order valence-corrected chi connectivity index (χ4v) is 3.10. The summed E-state index contributed by atoms with van der Waals surface area (Å²) in [5.41, 5.74) is 1.23. The molecule has 118 valence electrons. The smallest absolute Gasteiger partial charge is 0.137 e. The third-order valence-electron chi connectivity index (χ3n) is 4.02. The highest BCUT2D eigenvalue weighted by atomic mass is 35.5. The van der Waals surface area contributed by atoms with Crippen molar-refractivity contribution in [1.29, 1.82) is 0 Å². The molecule has 1 fully saturated rings. The summed E-state index contributed by atoms with van der Waals surface area (Å²) in [6.45, 7) is 4.12. The first-order valence-corrected chi connectivity index (χ1v) is 8.30. The highest BCUT2D eigenvalue weighted by molar-refractivity contribution is 6.32. The Bertz CT molecular complexity index is 433. The van der Waals surface area contributed by atoms with Gasteiger partial charge in [-0.25, -0.2) is 0 Å². The molecule has 0 spiro atoms. The van der Waals surface area contributed by atoms with E-state index in [-0.39, 0.29) is 0 Å². The summed E-state index contributed by atoms with van der Waals surface area (Å²) in [5, 5.41) is 4.30. The van der Waals surface area contributed by atoms with Crippen LogP contribution in [0.25, 0.3) is 0 Å². The Morgan fingerprint density at radius 3 is 2.95 bits per heavy atom. The standard InChI is InChI=1S/C17H26ClNO2/c1-3-10-19-16(8-7-14-5-4-11-21-14)13-6-9-17(20-2)15(18)12-13/h6,9,12,14,16,19H,3-5,7-8,10-11H2,1-2H3. The summed E-state index contributed by atoms with van der Waals surface area (Å²) >= 11 is 6.26. The van der Waals surface area contributed by atoms with Crippen LogP contribution in [0.15, 0.2) is 18.2 Å². The van der Waals surface area contributed by atoms with Crippen LogP contribution in [-0.4, -0.2) is 26.4 Å². The third-order valence-corrected chi connectivity index (χ3v) is 4.32. The molecule has 0 bridgehead atoms. The van der Waals surface area contributed by atoms with Crippen molar-refractivity contribution in [2.45, 2.75) is 51.2 Å². The molecule has 1 aliphatic heterocycles. The van der Waals surface area contributed by atoms with Crippen molar-refractivity contribution < 1.29 is 9.47 Å². The van der Waals surface area contributed by atoms with Crippen molar-refractivity contribution >= 4 is 11.6 Å². The van der Waals surface area contributed by atoms with Crippen molar-refractivity contribution in [3.63, 3.8) is 0 Å². The van der Waals surface area contributed by atoms with E-state index in [9.17, 15) is 0 Å². The van der Waals surface area contributed by atoms with Crippen molar-refractivity contribution in [3.8, 4) is 5.75 Å². The van der Waals surface area contributed by atoms with Crippen molar-refractivity contribution in [2.75, 3.05) is 20.3 Å². The van der Waals surface area contributed by atoms with Crippen LogP contribution in [0.3, 0.4) is 0 Å². The average molecular weight is 312 g/mol. The Kier molecular flexibility index (Phi) is 6.81. The van der Waals surface area contributed by atoms with Gasteiger partial charge in [0.15, 0.2) is 0 Å². The number of halogens is 1. The second kappa shape index (κ2) is 8.62. The maximum Gasteiger partial charge on any atom is 0.137 e. The van der Waals surface area contributed by atoms with Gasteiger partial charge in [0.05, 0.1) is 18.2 Å². The normalized spacial score (nSPS) is 19.7. The van der Waals surface area contributed by atoms with Crippen LogP contribution in [0.1, 0.15) is 50.6 Å². The first-order chi connectivity index (χ1) is 10.2. The first kappa shape index (κ1) is 16.6. The molecular weight excluding hydrogens is 286 g/mol. The molecule has 2 unspecified atom stereocenters. The number of methoxy groups -OCH3 is 1. The molecule has 1 aromatic rings. The lowest BCUT2D eigenvalue weighted by molar-refractivity contribution is 0.0996. The molecule has 2 rings (SSSR count). The van der Waals surface area contributed by atoms with E-state index >= 15 is 0 Å². The molecule has 4 heteroatoms. The lowest BCUT2D eigenvalue weighted by atomic mass is 9.99. The van der Waals surface area contributed by atoms with Gasteiger partial charge in [-0.1, -0.05) is 24.6 Å². The van der Waals surface area contributed by atoms with E-state index in [1.807, 2.05) is 12.1 Å². The average Bonchev–Trinajstić information content (AvgIpc) is 3.00. The maximum absolute atomic E-state index is 6.26. The predicted molar refractivity (Wildman–Crippen MR) is 87.2 cm³/mol. The Balaban J connectivity index is 2.01. The fourth-order valence-electron chi connectivity index (χ4n) is 2.83. The summed E-state index contributed by atoms with van der Waals surface area (Å²) in [4.78, 5) is 0. The molecule has 0 radical (unpaired) electrons. The number of ether oxygens (including phenoxy) is 2. The number of rotatable bonds is 8. The molecule has 0 aromatic heterocycles. The summed E-state index contributed by atoms with van der Waals surface area (Å²) in [6.07, 6.45) is 6.14. The minimum absolute atomic E-state index is 0.331. The first-order valence-electron chi connectivity index (χ1n) is 7.93. The van der Waals surface area contributed by atoms with E-state index in [1.54, 1.807) is 7.11 Å². The van der Waals surface area contributed by atoms with Gasteiger partial charge in [-0.3, -0.25) is 0 Å². The van der Waals surface area contributed by atoms with Gasteiger partial charge in [-0.2, -0.15) is 0 Å². The molecule has 1 N–H and O–H groups in total. The van der Waals surface area contributed by atoms with Gasteiger partial charge < -0.3 is 14.8 Å². The topological polar surface area (TPSA) is 30.5 Å². The minimum atomic E-state index is 0.331. The van der Waals surface area contributed by atoms with Crippen LogP contribution in [0, 0.1) is 0 Å². The molecule has 0 aliphatic carbocycles. The number of hydrogen-bond donors (Lipinski definition) is 1. The monoisotopic (exact) mass is 311 g/mol. The SMILES string of the molecule is CCCNC(CCC1CCCO1)c1ccc(OC)c(Cl)c1. The molecule has 1 aliphatic rings. The Morgan fingerprint density at radius 1 is 1.48 bits per heavy atom. The van der Waals surface area contributed by atoms with E-state index < -0.39 is 0 Å². The summed E-state index contributed by atoms with van der Waals surface area (Å²) in [5.74, 6) is 0.730. The number of benzene rings is 1. The molecular formula is C17H26ClNO2. The zero-order valence-corrected chi connectivity index (χ0v) is 13.8. The van der Waals surface area contributed by atoms with Crippen LogP contribution in [0.2, 0.25) is 5.02 Å². The van der Waals surface area contributed by atoms with E-state index in [0.717, 1.165) is 38.2 Å². The minimum Gasteiger partial charge on any atom is -0.495 e. The van der Waals surface area contributed by atoms with Crippen LogP contribution in [-0.2, 0) is 4.74 Å². The van der Waals surface area contributed by atoms with Crippen LogP contribution in [0.4, 0.5) is 0 Å². The van der Waals surface area contributed by atoms with Crippen LogP contribution < -0.4 is 10.1 Å². The van der Waals surface area contributed by atoms with Gasteiger partial charge in [0.2, 0.25) is 0 Å². The zero-order chi connectivity index (χ0) is 15.1. The van der Waals surface area contributed by atoms with E-state index in [1.165, 1.54) is 18.4 Å². The van der Waals surface area contributed by atoms with Gasteiger partial charge >= 0.3 is 0 Å². The van der Waals surface area contributed by atoms with Gasteiger partial charge in [-0.05, 0) is 56.3 Å². The van der Waals surface area contributed by atoms with Gasteiger partial charge in [-0.15, -0.1) is 0 Å². The van der Waals surface area contributed by atoms with Crippen LogP contribution >= 0.6 is 11.6 Å². The Morgan fingerprint density at radius 2 is 2.33 bits per heavy atom. The molecule has 1 saturated heterocycles. The van der Waals surface area contributed by atoms with Gasteiger partial charge in [0.25, 0.3) is 0 Å². The summed E-state index contributed by atoms with van der Waals surface area (Å²) in [7, 11) is 1.64. The summed E-state index contributed by atoms with van der Waals surface area (Å²) in [6, 6.07) is 6.40. The molecule has 1 aromatic carbocycles. The fraction of sp³-hybridized carbons (Fsp3) is 0.647. The molecule has 21 heavy (non-hydrogen) atoms. The van der Waals surface area contributed by atoms with E-state index in [2.05, 4.69) is 18.3 Å². The molecule has 3 nitrogen and oxygen atoms in total. The second-order valence-corrected chi connectivity index (χ2v) is 6.02. The van der Waals surface area contributed by atoms with Gasteiger partial charge in [0.1, 0.15) is 5.75 Å². The number of nitrogens with one attached hydrogen (secondary N) is 1. The Labute approximate surface area is 133 Å². The quantitative estimate of drug-likeness (QED) is 0.774. The number of hydrogen-bond acceptors (Lipinski definition) is 3. The van der Waals surface area contributed by atoms with Crippen molar-refractivity contribution in [3.05, 3.63) is 28.8 Å². The van der Waals surface area contributed by atoms with Crippen molar-refractivity contribution in [2.24, 2.45) is 0 Å². The van der Waals surface area contributed by atoms with Gasteiger partial charge in [0, 0.05) is 12.6 Å². The molecule has 0 saturated carbocycles. The highest BCUT2D eigenvalue weighted by Gasteiger charge is 2.19. The van der Waals surface area contributed by atoms with E-state index in [4.69, 9.17) is 21.1 Å². The van der Waals surface area contributed by atoms with Crippen molar-refractivity contribution in [1.82, 2.24) is 5.32 Å². The Hall–Kier alpha value is -0.770. The lowest BCUT2D eigenvalue weighted by Gasteiger charge is -2.21. The molecule has 1 heterocycles. The predicted octanol–water partition coefficient (Wildman–Crippen LogP) is 4.35. The molecule has 0 amide bonds. The summed E-state index contributed by atoms with van der Waals surface area (Å²) < 4.78 is 11.0. The lowest BCUT2D eigenvalue weighted by Crippen LogP contribution is -2.23. The highest BCUT2D eigenvalue weighted by Crippen LogP contribution is 2.30. The zero-order valence-electron chi connectivity index (χ0n) is 13.0. The second-order valence-electron chi connectivity index (χ2n) is 5.61. The largest absolute Gasteiger partial charge is 0.495 e. The van der Waals surface area contributed by atoms with Crippen LogP contribution in [0.5, 0.6) is 5.75 Å². The third kappa shape index (κ3) is 4.87. The molecule has 2 atom stereocenters. The van der Waals surface area contributed by atoms with E-state index in [0.29, 0.717) is 17.2 Å². The maximum atomic E-state index is 6.26.